The van der Waals surface area contributed by atoms with Crippen molar-refractivity contribution in [1.29, 1.82) is 0 Å². The van der Waals surface area contributed by atoms with E-state index in [9.17, 15) is 4.79 Å². The summed E-state index contributed by atoms with van der Waals surface area (Å²) in [5, 5.41) is 0. The van der Waals surface area contributed by atoms with Crippen molar-refractivity contribution in [2.45, 2.75) is 20.3 Å². The minimum absolute atomic E-state index is 0.224. The lowest BCUT2D eigenvalue weighted by Crippen LogP contribution is -2.06. The summed E-state index contributed by atoms with van der Waals surface area (Å²) < 4.78 is 10.1. The SMILES string of the molecule is CCC(=O)Oc1ccc(OC)cc1C. The van der Waals surface area contributed by atoms with Gasteiger partial charge in [-0.2, -0.15) is 0 Å². The lowest BCUT2D eigenvalue weighted by molar-refractivity contribution is -0.134. The van der Waals surface area contributed by atoms with Crippen molar-refractivity contribution >= 4 is 5.97 Å². The van der Waals surface area contributed by atoms with Gasteiger partial charge in [-0.25, -0.2) is 0 Å². The van der Waals surface area contributed by atoms with Gasteiger partial charge in [0.15, 0.2) is 0 Å². The Morgan fingerprint density at radius 1 is 1.43 bits per heavy atom. The molecule has 1 rings (SSSR count). The predicted octanol–water partition coefficient (Wildman–Crippen LogP) is 2.32. The lowest BCUT2D eigenvalue weighted by Gasteiger charge is -2.07. The van der Waals surface area contributed by atoms with Gasteiger partial charge < -0.3 is 9.47 Å². The van der Waals surface area contributed by atoms with Crippen LogP contribution in [0.5, 0.6) is 11.5 Å². The summed E-state index contributed by atoms with van der Waals surface area (Å²) in [5.41, 5.74) is 0.895. The Labute approximate surface area is 83.6 Å². The molecule has 0 aliphatic carbocycles. The third-order valence-electron chi connectivity index (χ3n) is 1.89. The van der Waals surface area contributed by atoms with E-state index in [2.05, 4.69) is 0 Å². The third kappa shape index (κ3) is 2.49. The first kappa shape index (κ1) is 10.6. The Morgan fingerprint density at radius 2 is 2.14 bits per heavy atom. The van der Waals surface area contributed by atoms with Crippen molar-refractivity contribution in [1.82, 2.24) is 0 Å². The largest absolute Gasteiger partial charge is 0.497 e. The predicted molar refractivity (Wildman–Crippen MR) is 53.7 cm³/mol. The van der Waals surface area contributed by atoms with Gasteiger partial charge in [-0.1, -0.05) is 6.92 Å². The molecule has 0 radical (unpaired) electrons. The molecule has 0 aromatic heterocycles. The topological polar surface area (TPSA) is 35.5 Å². The molecule has 1 aromatic rings. The minimum atomic E-state index is -0.224. The van der Waals surface area contributed by atoms with Gasteiger partial charge in [-0.15, -0.1) is 0 Å². The summed E-state index contributed by atoms with van der Waals surface area (Å²) in [7, 11) is 1.60. The molecule has 0 atom stereocenters. The van der Waals surface area contributed by atoms with Crippen LogP contribution in [0.2, 0.25) is 0 Å². The molecule has 0 bridgehead atoms. The van der Waals surface area contributed by atoms with Gasteiger partial charge >= 0.3 is 5.97 Å². The van der Waals surface area contributed by atoms with Crippen LogP contribution in [0.4, 0.5) is 0 Å². The molecule has 0 heterocycles. The van der Waals surface area contributed by atoms with Gasteiger partial charge in [-0.05, 0) is 30.7 Å². The van der Waals surface area contributed by atoms with Gasteiger partial charge in [0.2, 0.25) is 0 Å². The van der Waals surface area contributed by atoms with Crippen molar-refractivity contribution in [2.24, 2.45) is 0 Å². The summed E-state index contributed by atoms with van der Waals surface area (Å²) in [6.07, 6.45) is 0.380. The second-order valence-corrected chi connectivity index (χ2v) is 2.96. The van der Waals surface area contributed by atoms with E-state index in [0.717, 1.165) is 11.3 Å². The van der Waals surface area contributed by atoms with Gasteiger partial charge in [0, 0.05) is 6.42 Å². The first-order valence-corrected chi connectivity index (χ1v) is 4.52. The molecule has 0 spiro atoms. The summed E-state index contributed by atoms with van der Waals surface area (Å²) >= 11 is 0. The quantitative estimate of drug-likeness (QED) is 0.547. The minimum Gasteiger partial charge on any atom is -0.497 e. The molecule has 0 unspecified atom stereocenters. The number of aryl methyl sites for hydroxylation is 1. The monoisotopic (exact) mass is 194 g/mol. The van der Waals surface area contributed by atoms with E-state index in [-0.39, 0.29) is 5.97 Å². The van der Waals surface area contributed by atoms with Crippen molar-refractivity contribution in [3.63, 3.8) is 0 Å². The normalized spacial score (nSPS) is 9.64. The van der Waals surface area contributed by atoms with Crippen LogP contribution >= 0.6 is 0 Å². The maximum absolute atomic E-state index is 11.0. The molecule has 0 saturated heterocycles. The zero-order valence-electron chi connectivity index (χ0n) is 8.66. The molecule has 1 aromatic carbocycles. The van der Waals surface area contributed by atoms with E-state index in [0.29, 0.717) is 12.2 Å². The van der Waals surface area contributed by atoms with E-state index in [1.807, 2.05) is 13.0 Å². The molecule has 0 aliphatic heterocycles. The van der Waals surface area contributed by atoms with Crippen LogP contribution in [0.25, 0.3) is 0 Å². The maximum Gasteiger partial charge on any atom is 0.310 e. The Morgan fingerprint density at radius 3 is 2.64 bits per heavy atom. The second kappa shape index (κ2) is 4.65. The van der Waals surface area contributed by atoms with Crippen LogP contribution < -0.4 is 9.47 Å². The molecule has 0 saturated carbocycles. The highest BCUT2D eigenvalue weighted by Gasteiger charge is 2.05. The maximum atomic E-state index is 11.0. The van der Waals surface area contributed by atoms with Crippen LogP contribution in [0.15, 0.2) is 18.2 Å². The first-order valence-electron chi connectivity index (χ1n) is 4.52. The number of carbonyl (C=O) groups excluding carboxylic acids is 1. The van der Waals surface area contributed by atoms with Crippen molar-refractivity contribution < 1.29 is 14.3 Å². The smallest absolute Gasteiger partial charge is 0.310 e. The molecule has 0 fully saturated rings. The number of hydrogen-bond acceptors (Lipinski definition) is 3. The Bertz CT molecular complexity index is 331. The highest BCUT2D eigenvalue weighted by atomic mass is 16.5. The zero-order valence-corrected chi connectivity index (χ0v) is 8.66. The van der Waals surface area contributed by atoms with Crippen LogP contribution in [0.3, 0.4) is 0 Å². The fourth-order valence-electron chi connectivity index (χ4n) is 1.06. The fraction of sp³-hybridized carbons (Fsp3) is 0.364. The van der Waals surface area contributed by atoms with Gasteiger partial charge in [0.05, 0.1) is 7.11 Å². The van der Waals surface area contributed by atoms with Gasteiger partial charge in [0.25, 0.3) is 0 Å². The third-order valence-corrected chi connectivity index (χ3v) is 1.89. The lowest BCUT2D eigenvalue weighted by atomic mass is 10.2. The first-order chi connectivity index (χ1) is 6.67. The van der Waals surface area contributed by atoms with E-state index < -0.39 is 0 Å². The summed E-state index contributed by atoms with van der Waals surface area (Å²) in [5.74, 6) is 1.13. The number of esters is 1. The standard InChI is InChI=1S/C11H14O3/c1-4-11(12)14-10-6-5-9(13-3)7-8(10)2/h5-7H,4H2,1-3H3. The van der Waals surface area contributed by atoms with E-state index in [4.69, 9.17) is 9.47 Å². The Balaban J connectivity index is 2.83. The fourth-order valence-corrected chi connectivity index (χ4v) is 1.06. The molecule has 76 valence electrons. The average molecular weight is 194 g/mol. The number of carbonyl (C=O) groups is 1. The number of methoxy groups -OCH3 is 1. The van der Waals surface area contributed by atoms with Crippen molar-refractivity contribution in [3.05, 3.63) is 23.8 Å². The highest BCUT2D eigenvalue weighted by Crippen LogP contribution is 2.23. The highest BCUT2D eigenvalue weighted by molar-refractivity contribution is 5.72. The number of hydrogen-bond donors (Lipinski definition) is 0. The summed E-state index contributed by atoms with van der Waals surface area (Å²) in [6.45, 7) is 3.64. The molecule has 3 nitrogen and oxygen atoms in total. The van der Waals surface area contributed by atoms with Gasteiger partial charge in [-0.3, -0.25) is 4.79 Å². The molecule has 14 heavy (non-hydrogen) atoms. The molecule has 0 amide bonds. The second-order valence-electron chi connectivity index (χ2n) is 2.96. The van der Waals surface area contributed by atoms with Crippen LogP contribution in [-0.4, -0.2) is 13.1 Å². The van der Waals surface area contributed by atoms with Gasteiger partial charge in [0.1, 0.15) is 11.5 Å². The summed E-state index contributed by atoms with van der Waals surface area (Å²) in [6, 6.07) is 5.34. The van der Waals surface area contributed by atoms with E-state index >= 15 is 0 Å². The average Bonchev–Trinajstić information content (AvgIpc) is 2.20. The van der Waals surface area contributed by atoms with Crippen molar-refractivity contribution in [2.75, 3.05) is 7.11 Å². The molecule has 0 N–H and O–H groups in total. The van der Waals surface area contributed by atoms with Crippen molar-refractivity contribution in [3.8, 4) is 11.5 Å². The van der Waals surface area contributed by atoms with E-state index in [1.165, 1.54) is 0 Å². The molecule has 0 aliphatic rings. The number of rotatable bonds is 3. The number of ether oxygens (including phenoxy) is 2. The van der Waals surface area contributed by atoms with E-state index in [1.54, 1.807) is 26.2 Å². The Hall–Kier alpha value is -1.51. The molecule has 3 heteroatoms. The molecular formula is C11H14O3. The van der Waals surface area contributed by atoms with Crippen LogP contribution in [-0.2, 0) is 4.79 Å². The Kier molecular flexibility index (Phi) is 3.51. The summed E-state index contributed by atoms with van der Waals surface area (Å²) in [4.78, 5) is 11.0. The van der Waals surface area contributed by atoms with Crippen LogP contribution in [0.1, 0.15) is 18.9 Å². The molecular weight excluding hydrogens is 180 g/mol. The number of benzene rings is 1. The van der Waals surface area contributed by atoms with Crippen LogP contribution in [0, 0.1) is 6.92 Å². The zero-order chi connectivity index (χ0) is 10.6.